The fourth-order valence-corrected chi connectivity index (χ4v) is 2.42. The summed E-state index contributed by atoms with van der Waals surface area (Å²) in [7, 11) is 0. The number of hydrogen-bond donors (Lipinski definition) is 3. The van der Waals surface area contributed by atoms with Crippen LogP contribution in [0.1, 0.15) is 25.6 Å². The van der Waals surface area contributed by atoms with Crippen molar-refractivity contribution in [3.05, 3.63) is 22.2 Å². The Labute approximate surface area is 112 Å². The lowest BCUT2D eigenvalue weighted by molar-refractivity contribution is 0.300. The van der Waals surface area contributed by atoms with E-state index in [0.29, 0.717) is 30.6 Å². The molecule has 2 rings (SSSR count). The molecular formula is C13H22N4O2. The van der Waals surface area contributed by atoms with Gasteiger partial charge in [0.2, 0.25) is 0 Å². The molecular weight excluding hydrogens is 244 g/mol. The summed E-state index contributed by atoms with van der Waals surface area (Å²) in [5.41, 5.74) is -0.135. The first kappa shape index (κ1) is 14.0. The molecule has 2 heterocycles. The van der Waals surface area contributed by atoms with Gasteiger partial charge in [-0.1, -0.05) is 6.92 Å². The topological polar surface area (TPSA) is 81.2 Å². The van der Waals surface area contributed by atoms with Crippen molar-refractivity contribution in [2.24, 2.45) is 0 Å². The van der Waals surface area contributed by atoms with E-state index in [0.717, 1.165) is 19.5 Å². The highest BCUT2D eigenvalue weighted by molar-refractivity contribution is 5.37. The van der Waals surface area contributed by atoms with E-state index in [9.17, 15) is 9.90 Å². The van der Waals surface area contributed by atoms with E-state index in [-0.39, 0.29) is 12.2 Å². The number of anilines is 1. The lowest BCUT2D eigenvalue weighted by Gasteiger charge is -2.26. The summed E-state index contributed by atoms with van der Waals surface area (Å²) in [6.45, 7) is 4.33. The van der Waals surface area contributed by atoms with Crippen LogP contribution in [0.3, 0.4) is 0 Å². The number of aromatic amines is 1. The minimum Gasteiger partial charge on any atom is -0.395 e. The second-order valence-corrected chi connectivity index (χ2v) is 4.87. The molecule has 1 aromatic rings. The summed E-state index contributed by atoms with van der Waals surface area (Å²) in [5.74, 6) is 1.34. The maximum atomic E-state index is 11.6. The van der Waals surface area contributed by atoms with Crippen LogP contribution in [0.15, 0.2) is 10.9 Å². The first-order valence-corrected chi connectivity index (χ1v) is 6.92. The van der Waals surface area contributed by atoms with Crippen molar-refractivity contribution in [2.75, 3.05) is 31.1 Å². The summed E-state index contributed by atoms with van der Waals surface area (Å²) in [5, 5.41) is 12.6. The van der Waals surface area contributed by atoms with Crippen molar-refractivity contribution < 1.29 is 5.11 Å². The van der Waals surface area contributed by atoms with Crippen LogP contribution in [0.2, 0.25) is 0 Å². The Morgan fingerprint density at radius 2 is 2.42 bits per heavy atom. The van der Waals surface area contributed by atoms with E-state index in [2.05, 4.69) is 15.3 Å². The highest BCUT2D eigenvalue weighted by Gasteiger charge is 2.19. The zero-order valence-electron chi connectivity index (χ0n) is 11.4. The SMILES string of the molecule is CCc1nc(N(CCO)CC2CCCN2)cc(=O)[nH]1. The molecule has 0 bridgehead atoms. The number of H-pyrrole nitrogens is 1. The number of aryl methyl sites for hydroxylation is 1. The molecule has 1 fully saturated rings. The molecule has 0 saturated carbocycles. The van der Waals surface area contributed by atoms with E-state index >= 15 is 0 Å². The number of aliphatic hydroxyl groups excluding tert-OH is 1. The van der Waals surface area contributed by atoms with Gasteiger partial charge in [-0.2, -0.15) is 0 Å². The summed E-state index contributed by atoms with van der Waals surface area (Å²) < 4.78 is 0. The third-order valence-corrected chi connectivity index (χ3v) is 3.41. The van der Waals surface area contributed by atoms with Gasteiger partial charge in [-0.25, -0.2) is 4.98 Å². The standard InChI is InChI=1S/C13H22N4O2/c1-2-11-15-12(8-13(19)16-11)17(6-7-18)9-10-4-3-5-14-10/h8,10,14,18H,2-7,9H2,1H3,(H,15,16,19). The van der Waals surface area contributed by atoms with Gasteiger partial charge in [-0.05, 0) is 19.4 Å². The fraction of sp³-hybridized carbons (Fsp3) is 0.692. The van der Waals surface area contributed by atoms with Gasteiger partial charge in [0, 0.05) is 31.6 Å². The number of nitrogens with zero attached hydrogens (tertiary/aromatic N) is 2. The minimum absolute atomic E-state index is 0.0582. The molecule has 6 heteroatoms. The smallest absolute Gasteiger partial charge is 0.252 e. The molecule has 6 nitrogen and oxygen atoms in total. The fourth-order valence-electron chi connectivity index (χ4n) is 2.42. The van der Waals surface area contributed by atoms with Crippen molar-refractivity contribution in [3.63, 3.8) is 0 Å². The molecule has 0 radical (unpaired) electrons. The van der Waals surface area contributed by atoms with Gasteiger partial charge in [0.15, 0.2) is 0 Å². The second kappa shape index (κ2) is 6.68. The average molecular weight is 266 g/mol. The molecule has 0 spiro atoms. The Morgan fingerprint density at radius 1 is 1.58 bits per heavy atom. The van der Waals surface area contributed by atoms with Crippen LogP contribution in [0.25, 0.3) is 0 Å². The van der Waals surface area contributed by atoms with Gasteiger partial charge < -0.3 is 20.3 Å². The first-order chi connectivity index (χ1) is 9.22. The summed E-state index contributed by atoms with van der Waals surface area (Å²) >= 11 is 0. The summed E-state index contributed by atoms with van der Waals surface area (Å²) in [6, 6.07) is 1.92. The molecule has 3 N–H and O–H groups in total. The number of aromatic nitrogens is 2. The van der Waals surface area contributed by atoms with Crippen LogP contribution in [-0.2, 0) is 6.42 Å². The van der Waals surface area contributed by atoms with E-state index in [1.54, 1.807) is 0 Å². The lowest BCUT2D eigenvalue weighted by Crippen LogP contribution is -2.40. The minimum atomic E-state index is -0.135. The zero-order chi connectivity index (χ0) is 13.7. The molecule has 106 valence electrons. The lowest BCUT2D eigenvalue weighted by atomic mass is 10.2. The third kappa shape index (κ3) is 3.78. The normalized spacial score (nSPS) is 18.7. The monoisotopic (exact) mass is 266 g/mol. The average Bonchev–Trinajstić information content (AvgIpc) is 2.90. The molecule has 19 heavy (non-hydrogen) atoms. The van der Waals surface area contributed by atoms with Gasteiger partial charge in [-0.15, -0.1) is 0 Å². The maximum Gasteiger partial charge on any atom is 0.252 e. The molecule has 1 aliphatic heterocycles. The van der Waals surface area contributed by atoms with Crippen molar-refractivity contribution in [1.29, 1.82) is 0 Å². The van der Waals surface area contributed by atoms with Crippen molar-refractivity contribution in [2.45, 2.75) is 32.2 Å². The predicted octanol–water partition coefficient (Wildman–Crippen LogP) is -0.117. The number of hydrogen-bond acceptors (Lipinski definition) is 5. The van der Waals surface area contributed by atoms with Gasteiger partial charge in [0.1, 0.15) is 11.6 Å². The number of aliphatic hydroxyl groups is 1. The van der Waals surface area contributed by atoms with Gasteiger partial charge in [0.25, 0.3) is 5.56 Å². The van der Waals surface area contributed by atoms with Crippen molar-refractivity contribution in [1.82, 2.24) is 15.3 Å². The molecule has 1 unspecified atom stereocenters. The number of rotatable bonds is 6. The maximum absolute atomic E-state index is 11.6. The second-order valence-electron chi connectivity index (χ2n) is 4.87. The van der Waals surface area contributed by atoms with E-state index in [4.69, 9.17) is 0 Å². The summed E-state index contributed by atoms with van der Waals surface area (Å²) in [4.78, 5) is 20.8. The molecule has 1 saturated heterocycles. The predicted molar refractivity (Wildman–Crippen MR) is 74.6 cm³/mol. The van der Waals surface area contributed by atoms with E-state index in [1.165, 1.54) is 12.5 Å². The van der Waals surface area contributed by atoms with Gasteiger partial charge in [-0.3, -0.25) is 4.79 Å². The third-order valence-electron chi connectivity index (χ3n) is 3.41. The highest BCUT2D eigenvalue weighted by atomic mass is 16.3. The molecule has 0 aromatic carbocycles. The first-order valence-electron chi connectivity index (χ1n) is 6.92. The quantitative estimate of drug-likeness (QED) is 0.669. The summed E-state index contributed by atoms with van der Waals surface area (Å²) in [6.07, 6.45) is 3.00. The van der Waals surface area contributed by atoms with Crippen LogP contribution in [0, 0.1) is 0 Å². The van der Waals surface area contributed by atoms with Crippen molar-refractivity contribution >= 4 is 5.82 Å². The van der Waals surface area contributed by atoms with Crippen LogP contribution in [-0.4, -0.2) is 47.4 Å². The Balaban J connectivity index is 2.16. The van der Waals surface area contributed by atoms with Crippen LogP contribution in [0.4, 0.5) is 5.82 Å². The van der Waals surface area contributed by atoms with Gasteiger partial charge in [0.05, 0.1) is 6.61 Å². The van der Waals surface area contributed by atoms with E-state index in [1.807, 2.05) is 11.8 Å². The Hall–Kier alpha value is -1.40. The molecule has 1 atom stereocenters. The zero-order valence-corrected chi connectivity index (χ0v) is 11.4. The molecule has 1 aliphatic rings. The highest BCUT2D eigenvalue weighted by Crippen LogP contribution is 2.13. The Kier molecular flexibility index (Phi) is 4.93. The van der Waals surface area contributed by atoms with Crippen LogP contribution >= 0.6 is 0 Å². The largest absolute Gasteiger partial charge is 0.395 e. The van der Waals surface area contributed by atoms with Crippen LogP contribution < -0.4 is 15.8 Å². The molecule has 1 aromatic heterocycles. The van der Waals surface area contributed by atoms with Crippen molar-refractivity contribution in [3.8, 4) is 0 Å². The van der Waals surface area contributed by atoms with E-state index < -0.39 is 0 Å². The Bertz CT molecular complexity index is 454. The molecule has 0 aliphatic carbocycles. The van der Waals surface area contributed by atoms with Gasteiger partial charge >= 0.3 is 0 Å². The Morgan fingerprint density at radius 3 is 3.05 bits per heavy atom. The van der Waals surface area contributed by atoms with Crippen LogP contribution in [0.5, 0.6) is 0 Å². The number of nitrogens with one attached hydrogen (secondary N) is 2. The molecule has 0 amide bonds.